The summed E-state index contributed by atoms with van der Waals surface area (Å²) < 4.78 is 16.1. The zero-order valence-corrected chi connectivity index (χ0v) is 9.37. The van der Waals surface area contributed by atoms with Gasteiger partial charge in [-0.2, -0.15) is 0 Å². The van der Waals surface area contributed by atoms with Gasteiger partial charge in [-0.1, -0.05) is 0 Å². The van der Waals surface area contributed by atoms with Crippen LogP contribution >= 0.6 is 0 Å². The molecule has 1 aromatic rings. The maximum absolute atomic E-state index is 5.44. The van der Waals surface area contributed by atoms with Gasteiger partial charge < -0.3 is 19.2 Å². The fourth-order valence-corrected chi connectivity index (χ4v) is 2.31. The molecule has 0 saturated carbocycles. The second-order valence-electron chi connectivity index (χ2n) is 3.94. The molecule has 4 heteroatoms. The van der Waals surface area contributed by atoms with Gasteiger partial charge in [-0.25, -0.2) is 0 Å². The van der Waals surface area contributed by atoms with Crippen LogP contribution in [0.1, 0.15) is 18.2 Å². The summed E-state index contributed by atoms with van der Waals surface area (Å²) in [6, 6.07) is 1.98. The van der Waals surface area contributed by atoms with Crippen molar-refractivity contribution in [3.8, 4) is 0 Å². The summed E-state index contributed by atoms with van der Waals surface area (Å²) in [5.74, 6) is 1.02. The second kappa shape index (κ2) is 3.96. The van der Waals surface area contributed by atoms with Gasteiger partial charge in [0, 0.05) is 32.7 Å². The third-order valence-electron chi connectivity index (χ3n) is 3.05. The van der Waals surface area contributed by atoms with Crippen LogP contribution in [-0.4, -0.2) is 27.1 Å². The molecule has 0 radical (unpaired) electrons. The molecule has 1 unspecified atom stereocenters. The number of rotatable bonds is 3. The average Bonchev–Trinajstić information content (AvgIpc) is 2.69. The lowest BCUT2D eigenvalue weighted by Gasteiger charge is -2.39. The first-order chi connectivity index (χ1) is 7.22. The van der Waals surface area contributed by atoms with Crippen LogP contribution in [0.4, 0.5) is 0 Å². The quantitative estimate of drug-likeness (QED) is 0.764. The van der Waals surface area contributed by atoms with E-state index in [0.717, 1.165) is 24.3 Å². The van der Waals surface area contributed by atoms with Crippen molar-refractivity contribution in [3.63, 3.8) is 0 Å². The van der Waals surface area contributed by atoms with E-state index >= 15 is 0 Å². The number of nitrogens with one attached hydrogen (secondary N) is 1. The van der Waals surface area contributed by atoms with Gasteiger partial charge in [0.2, 0.25) is 0 Å². The zero-order chi connectivity index (χ0) is 10.9. The molecule has 4 nitrogen and oxygen atoms in total. The van der Waals surface area contributed by atoms with E-state index in [2.05, 4.69) is 12.2 Å². The van der Waals surface area contributed by atoms with E-state index in [0.29, 0.717) is 0 Å². The fourth-order valence-electron chi connectivity index (χ4n) is 2.31. The van der Waals surface area contributed by atoms with Gasteiger partial charge in [-0.15, -0.1) is 0 Å². The Labute approximate surface area is 89.6 Å². The normalized spacial score (nSPS) is 25.6. The van der Waals surface area contributed by atoms with Crippen molar-refractivity contribution < 1.29 is 13.9 Å². The van der Waals surface area contributed by atoms with E-state index in [-0.39, 0.29) is 11.8 Å². The molecule has 1 aliphatic heterocycles. The highest BCUT2D eigenvalue weighted by Crippen LogP contribution is 2.33. The summed E-state index contributed by atoms with van der Waals surface area (Å²) >= 11 is 0. The molecule has 1 aromatic heterocycles. The number of ether oxygens (including phenoxy) is 2. The Kier molecular flexibility index (Phi) is 2.82. The predicted molar refractivity (Wildman–Crippen MR) is 55.6 cm³/mol. The van der Waals surface area contributed by atoms with Gasteiger partial charge in [-0.05, 0) is 13.0 Å². The van der Waals surface area contributed by atoms with E-state index in [4.69, 9.17) is 13.9 Å². The third kappa shape index (κ3) is 1.58. The van der Waals surface area contributed by atoms with Crippen molar-refractivity contribution in [1.29, 1.82) is 0 Å². The molecule has 1 N–H and O–H groups in total. The van der Waals surface area contributed by atoms with Gasteiger partial charge >= 0.3 is 0 Å². The molecule has 0 spiro atoms. The Balaban J connectivity index is 2.37. The maximum atomic E-state index is 5.44. The van der Waals surface area contributed by atoms with Crippen LogP contribution in [0.3, 0.4) is 0 Å². The van der Waals surface area contributed by atoms with E-state index in [1.54, 1.807) is 20.5 Å². The topological polar surface area (TPSA) is 43.6 Å². The van der Waals surface area contributed by atoms with E-state index in [1.165, 1.54) is 0 Å². The van der Waals surface area contributed by atoms with Gasteiger partial charge in [0.05, 0.1) is 11.8 Å². The summed E-state index contributed by atoms with van der Waals surface area (Å²) in [7, 11) is 3.30. The molecule has 0 amide bonds. The molecule has 2 heterocycles. The SMILES string of the molecule is COC(OC)C1(C)NCCc2occc21. The Morgan fingerprint density at radius 3 is 2.87 bits per heavy atom. The van der Waals surface area contributed by atoms with Crippen LogP contribution in [0.2, 0.25) is 0 Å². The molecule has 2 rings (SSSR count). The summed E-state index contributed by atoms with van der Waals surface area (Å²) in [6.07, 6.45) is 2.32. The van der Waals surface area contributed by atoms with Crippen LogP contribution in [0, 0.1) is 0 Å². The van der Waals surface area contributed by atoms with Crippen LogP contribution < -0.4 is 5.32 Å². The van der Waals surface area contributed by atoms with Crippen molar-refractivity contribution in [2.24, 2.45) is 0 Å². The summed E-state index contributed by atoms with van der Waals surface area (Å²) in [5.41, 5.74) is 0.798. The van der Waals surface area contributed by atoms with Crippen molar-refractivity contribution >= 4 is 0 Å². The molecule has 0 saturated heterocycles. The van der Waals surface area contributed by atoms with Crippen molar-refractivity contribution in [2.45, 2.75) is 25.2 Å². The number of fused-ring (bicyclic) bond motifs is 1. The number of hydrogen-bond donors (Lipinski definition) is 1. The molecule has 0 aliphatic carbocycles. The van der Waals surface area contributed by atoms with Crippen molar-refractivity contribution in [1.82, 2.24) is 5.32 Å². The first kappa shape index (κ1) is 10.7. The Morgan fingerprint density at radius 1 is 1.47 bits per heavy atom. The first-order valence-corrected chi connectivity index (χ1v) is 5.10. The molecule has 0 bridgehead atoms. The Hall–Kier alpha value is -0.840. The molecule has 0 fully saturated rings. The highest BCUT2D eigenvalue weighted by Gasteiger charge is 2.41. The number of hydrogen-bond acceptors (Lipinski definition) is 4. The third-order valence-corrected chi connectivity index (χ3v) is 3.05. The smallest absolute Gasteiger partial charge is 0.178 e. The molecular weight excluding hydrogens is 194 g/mol. The molecule has 1 aliphatic rings. The van der Waals surface area contributed by atoms with Crippen molar-refractivity contribution in [3.05, 3.63) is 23.7 Å². The van der Waals surface area contributed by atoms with E-state index in [9.17, 15) is 0 Å². The van der Waals surface area contributed by atoms with Crippen LogP contribution in [0.25, 0.3) is 0 Å². The highest BCUT2D eigenvalue weighted by molar-refractivity contribution is 5.30. The predicted octanol–water partition coefficient (Wildman–Crippen LogP) is 1.26. The lowest BCUT2D eigenvalue weighted by molar-refractivity contribution is -0.156. The summed E-state index contributed by atoms with van der Waals surface area (Å²) in [5, 5.41) is 3.43. The minimum atomic E-state index is -0.329. The van der Waals surface area contributed by atoms with Gasteiger partial charge in [-0.3, -0.25) is 0 Å². The lowest BCUT2D eigenvalue weighted by Crippen LogP contribution is -2.54. The fraction of sp³-hybridized carbons (Fsp3) is 0.636. The highest BCUT2D eigenvalue weighted by atomic mass is 16.7. The van der Waals surface area contributed by atoms with Gasteiger partial charge in [0.15, 0.2) is 6.29 Å². The zero-order valence-electron chi connectivity index (χ0n) is 9.37. The maximum Gasteiger partial charge on any atom is 0.178 e. The number of methoxy groups -OCH3 is 2. The Bertz CT molecular complexity index is 332. The van der Waals surface area contributed by atoms with Crippen molar-refractivity contribution in [2.75, 3.05) is 20.8 Å². The summed E-state index contributed by atoms with van der Waals surface area (Å²) in [6.45, 7) is 2.94. The molecule has 84 valence electrons. The summed E-state index contributed by atoms with van der Waals surface area (Å²) in [4.78, 5) is 0. The van der Waals surface area contributed by atoms with Crippen LogP contribution in [0.5, 0.6) is 0 Å². The van der Waals surface area contributed by atoms with E-state index in [1.807, 2.05) is 6.07 Å². The van der Waals surface area contributed by atoms with Crippen LogP contribution in [-0.2, 0) is 21.4 Å². The standard InChI is InChI=1S/C11H17NO3/c1-11(10(13-2)14-3)8-5-7-15-9(8)4-6-12-11/h5,7,10,12H,4,6H2,1-3H3. The largest absolute Gasteiger partial charge is 0.469 e. The monoisotopic (exact) mass is 211 g/mol. The minimum absolute atomic E-state index is 0.311. The average molecular weight is 211 g/mol. The Morgan fingerprint density at radius 2 is 2.20 bits per heavy atom. The van der Waals surface area contributed by atoms with Crippen LogP contribution in [0.15, 0.2) is 16.7 Å². The first-order valence-electron chi connectivity index (χ1n) is 5.10. The number of furan rings is 1. The second-order valence-corrected chi connectivity index (χ2v) is 3.94. The lowest BCUT2D eigenvalue weighted by atomic mass is 9.87. The van der Waals surface area contributed by atoms with Gasteiger partial charge in [0.25, 0.3) is 0 Å². The molecular formula is C11H17NO3. The molecule has 0 aromatic carbocycles. The minimum Gasteiger partial charge on any atom is -0.469 e. The van der Waals surface area contributed by atoms with E-state index < -0.39 is 0 Å². The van der Waals surface area contributed by atoms with Gasteiger partial charge in [0.1, 0.15) is 5.76 Å². The molecule has 1 atom stereocenters. The molecule has 15 heavy (non-hydrogen) atoms.